The Hall–Kier alpha value is -0.800. The van der Waals surface area contributed by atoms with Crippen LogP contribution in [0.25, 0.3) is 0 Å². The van der Waals surface area contributed by atoms with Crippen molar-refractivity contribution in [1.82, 2.24) is 0 Å². The highest BCUT2D eigenvalue weighted by atomic mass is 35.5. The minimum absolute atomic E-state index is 0. The van der Waals surface area contributed by atoms with Gasteiger partial charge in [-0.2, -0.15) is 0 Å². The standard InChI is InChI=1S/C8H16NO2.C4H8.ClH/c1-5-8(10)11-7-6-9(2,3)4;1-3-4-2;/h5H,1,6-7H2,2-4H3;3-4H,1-2H3;1H/q+1;;/p-1. The Morgan fingerprint density at radius 3 is 1.94 bits per heavy atom. The maximum atomic E-state index is 10.6. The number of hydrogen-bond donors (Lipinski definition) is 0. The van der Waals surface area contributed by atoms with Gasteiger partial charge in [-0.15, -0.1) is 0 Å². The van der Waals surface area contributed by atoms with E-state index in [4.69, 9.17) is 4.74 Å². The van der Waals surface area contributed by atoms with Gasteiger partial charge in [0, 0.05) is 6.08 Å². The zero-order valence-electron chi connectivity index (χ0n) is 11.0. The van der Waals surface area contributed by atoms with Crippen LogP contribution in [0.2, 0.25) is 0 Å². The van der Waals surface area contributed by atoms with Gasteiger partial charge in [0.25, 0.3) is 0 Å². The molecule has 16 heavy (non-hydrogen) atoms. The van der Waals surface area contributed by atoms with Crippen LogP contribution < -0.4 is 12.4 Å². The van der Waals surface area contributed by atoms with Crippen molar-refractivity contribution in [2.75, 3.05) is 34.3 Å². The van der Waals surface area contributed by atoms with Crippen LogP contribution in [-0.2, 0) is 9.53 Å². The first-order valence-corrected chi connectivity index (χ1v) is 5.04. The number of likely N-dealkylation sites (N-methyl/N-ethyl adjacent to an activating group) is 1. The molecule has 0 fully saturated rings. The number of halogens is 1. The van der Waals surface area contributed by atoms with Crippen LogP contribution in [0.15, 0.2) is 24.8 Å². The molecule has 0 saturated carbocycles. The van der Waals surface area contributed by atoms with Crippen LogP contribution in [-0.4, -0.2) is 44.7 Å². The fourth-order valence-corrected chi connectivity index (χ4v) is 0.479. The number of quaternary nitrogens is 1. The lowest BCUT2D eigenvalue weighted by Crippen LogP contribution is -3.00. The maximum Gasteiger partial charge on any atom is 0.330 e. The van der Waals surface area contributed by atoms with Crippen molar-refractivity contribution in [3.8, 4) is 0 Å². The maximum absolute atomic E-state index is 10.6. The van der Waals surface area contributed by atoms with E-state index < -0.39 is 0 Å². The van der Waals surface area contributed by atoms with Crippen LogP contribution in [0.3, 0.4) is 0 Å². The van der Waals surface area contributed by atoms with Crippen LogP contribution >= 0.6 is 0 Å². The summed E-state index contributed by atoms with van der Waals surface area (Å²) in [5, 5.41) is 0. The average Bonchev–Trinajstić information content (AvgIpc) is 2.16. The van der Waals surface area contributed by atoms with E-state index in [2.05, 4.69) is 6.58 Å². The molecule has 0 spiro atoms. The molecule has 0 atom stereocenters. The van der Waals surface area contributed by atoms with Crippen LogP contribution in [0.1, 0.15) is 13.8 Å². The van der Waals surface area contributed by atoms with Crippen molar-refractivity contribution in [2.45, 2.75) is 13.8 Å². The number of carbonyl (C=O) groups excluding carboxylic acids is 1. The van der Waals surface area contributed by atoms with E-state index in [1.807, 2.05) is 47.1 Å². The van der Waals surface area contributed by atoms with Gasteiger partial charge in [0.05, 0.1) is 21.1 Å². The van der Waals surface area contributed by atoms with E-state index in [9.17, 15) is 4.79 Å². The third-order valence-corrected chi connectivity index (χ3v) is 1.51. The van der Waals surface area contributed by atoms with E-state index >= 15 is 0 Å². The van der Waals surface area contributed by atoms with Gasteiger partial charge in [0.2, 0.25) is 0 Å². The Morgan fingerprint density at radius 2 is 1.69 bits per heavy atom. The number of hydrogen-bond acceptors (Lipinski definition) is 2. The fourth-order valence-electron chi connectivity index (χ4n) is 0.479. The average molecular weight is 250 g/mol. The van der Waals surface area contributed by atoms with Crippen molar-refractivity contribution < 1.29 is 26.4 Å². The summed E-state index contributed by atoms with van der Waals surface area (Å²) in [4.78, 5) is 10.6. The largest absolute Gasteiger partial charge is 1.00 e. The molecule has 0 aromatic heterocycles. The summed E-state index contributed by atoms with van der Waals surface area (Å²) in [6.07, 6.45) is 5.18. The molecule has 0 rings (SSSR count). The number of nitrogens with zero attached hydrogens (tertiary/aromatic N) is 1. The summed E-state index contributed by atoms with van der Waals surface area (Å²) in [7, 11) is 6.13. The molecule has 0 aliphatic heterocycles. The molecule has 0 amide bonds. The number of esters is 1. The molecule has 0 radical (unpaired) electrons. The predicted octanol–water partition coefficient (Wildman–Crippen LogP) is -0.992. The second kappa shape index (κ2) is 12.3. The lowest BCUT2D eigenvalue weighted by atomic mass is 10.5. The lowest BCUT2D eigenvalue weighted by Gasteiger charge is -2.23. The van der Waals surface area contributed by atoms with E-state index in [0.717, 1.165) is 11.0 Å². The van der Waals surface area contributed by atoms with Gasteiger partial charge >= 0.3 is 5.97 Å². The first-order valence-electron chi connectivity index (χ1n) is 5.04. The van der Waals surface area contributed by atoms with Gasteiger partial charge in [-0.3, -0.25) is 0 Å². The quantitative estimate of drug-likeness (QED) is 0.277. The Morgan fingerprint density at radius 1 is 1.25 bits per heavy atom. The van der Waals surface area contributed by atoms with Gasteiger partial charge in [0.1, 0.15) is 13.2 Å². The van der Waals surface area contributed by atoms with E-state index in [0.29, 0.717) is 6.61 Å². The van der Waals surface area contributed by atoms with Crippen molar-refractivity contribution >= 4 is 5.97 Å². The third kappa shape index (κ3) is 23.2. The summed E-state index contributed by atoms with van der Waals surface area (Å²) < 4.78 is 5.59. The molecular weight excluding hydrogens is 226 g/mol. The first-order chi connectivity index (χ1) is 6.87. The van der Waals surface area contributed by atoms with Gasteiger partial charge in [-0.05, 0) is 13.8 Å². The Labute approximate surface area is 106 Å². The number of allylic oxidation sites excluding steroid dienone is 2. The number of rotatable bonds is 4. The summed E-state index contributed by atoms with van der Waals surface area (Å²) in [5.74, 6) is -0.349. The molecule has 0 heterocycles. The molecule has 0 aliphatic rings. The normalized spacial score (nSPS) is 9.81. The van der Waals surface area contributed by atoms with Crippen molar-refractivity contribution in [2.24, 2.45) is 0 Å². The molecule has 0 N–H and O–H groups in total. The summed E-state index contributed by atoms with van der Waals surface area (Å²) in [6.45, 7) is 8.57. The Balaban J connectivity index is -0.000000292. The first kappa shape index (κ1) is 20.6. The highest BCUT2D eigenvalue weighted by Gasteiger charge is 2.06. The van der Waals surface area contributed by atoms with Gasteiger partial charge in [-0.1, -0.05) is 18.7 Å². The highest BCUT2D eigenvalue weighted by Crippen LogP contribution is 1.89. The highest BCUT2D eigenvalue weighted by molar-refractivity contribution is 5.81. The summed E-state index contributed by atoms with van der Waals surface area (Å²) in [5.41, 5.74) is 0. The van der Waals surface area contributed by atoms with Crippen LogP contribution in [0, 0.1) is 0 Å². The predicted molar refractivity (Wildman–Crippen MR) is 64.5 cm³/mol. The second-order valence-corrected chi connectivity index (χ2v) is 4.05. The smallest absolute Gasteiger partial charge is 0.330 e. The number of ether oxygens (including phenoxy) is 1. The minimum atomic E-state index is -0.349. The molecule has 4 heteroatoms. The van der Waals surface area contributed by atoms with Crippen molar-refractivity contribution in [1.29, 1.82) is 0 Å². The molecule has 0 bridgehead atoms. The third-order valence-electron chi connectivity index (χ3n) is 1.51. The van der Waals surface area contributed by atoms with Crippen molar-refractivity contribution in [3.63, 3.8) is 0 Å². The van der Waals surface area contributed by atoms with Gasteiger partial charge < -0.3 is 21.6 Å². The number of carbonyl (C=O) groups is 1. The zero-order valence-corrected chi connectivity index (χ0v) is 11.8. The topological polar surface area (TPSA) is 26.3 Å². The molecule has 96 valence electrons. The van der Waals surface area contributed by atoms with Crippen LogP contribution in [0.4, 0.5) is 0 Å². The van der Waals surface area contributed by atoms with E-state index in [-0.39, 0.29) is 18.4 Å². The minimum Gasteiger partial charge on any atom is -1.00 e. The van der Waals surface area contributed by atoms with Gasteiger partial charge in [0.15, 0.2) is 0 Å². The molecule has 3 nitrogen and oxygen atoms in total. The fraction of sp³-hybridized carbons (Fsp3) is 0.583. The summed E-state index contributed by atoms with van der Waals surface area (Å²) in [6, 6.07) is 0. The Bertz CT molecular complexity index is 204. The monoisotopic (exact) mass is 249 g/mol. The SMILES string of the molecule is C=CC(=O)OCC[N+](C)(C)C.CC=CC.[Cl-]. The van der Waals surface area contributed by atoms with Crippen molar-refractivity contribution in [3.05, 3.63) is 24.8 Å². The zero-order chi connectivity index (χ0) is 12.3. The van der Waals surface area contributed by atoms with Gasteiger partial charge in [-0.25, -0.2) is 4.79 Å². The Kier molecular flexibility index (Phi) is 15.8. The molecule has 0 unspecified atom stereocenters. The van der Waals surface area contributed by atoms with E-state index in [1.165, 1.54) is 6.08 Å². The molecule has 0 saturated heterocycles. The molecular formula is C12H24ClNO2. The lowest BCUT2D eigenvalue weighted by molar-refractivity contribution is -0.870. The summed E-state index contributed by atoms with van der Waals surface area (Å²) >= 11 is 0. The van der Waals surface area contributed by atoms with E-state index in [1.54, 1.807) is 0 Å². The van der Waals surface area contributed by atoms with Crippen LogP contribution in [0.5, 0.6) is 0 Å². The molecule has 0 aliphatic carbocycles. The molecule has 0 aromatic rings. The second-order valence-electron chi connectivity index (χ2n) is 4.05. The molecule has 0 aromatic carbocycles.